The van der Waals surface area contributed by atoms with Gasteiger partial charge in [0.2, 0.25) is 0 Å². The smallest absolute Gasteiger partial charge is 0.319 e. The fourth-order valence-electron chi connectivity index (χ4n) is 1.54. The predicted octanol–water partition coefficient (Wildman–Crippen LogP) is 2.41. The van der Waals surface area contributed by atoms with Gasteiger partial charge >= 0.3 is 6.03 Å². The molecule has 1 atom stereocenters. The first-order valence-corrected chi connectivity index (χ1v) is 5.78. The summed E-state index contributed by atoms with van der Waals surface area (Å²) in [6, 6.07) is 5.82. The van der Waals surface area contributed by atoms with Gasteiger partial charge in [0.25, 0.3) is 0 Å². The van der Waals surface area contributed by atoms with Crippen LogP contribution in [0.25, 0.3) is 0 Å². The normalized spacial score (nSPS) is 11.9. The molecule has 0 saturated heterocycles. The number of carbonyl (C=O) groups is 1. The molecule has 1 unspecified atom stereocenters. The number of rotatable bonds is 4. The third kappa shape index (κ3) is 3.33. The summed E-state index contributed by atoms with van der Waals surface area (Å²) in [5.74, 6) is -1.91. The highest BCUT2D eigenvalue weighted by Gasteiger charge is 2.13. The third-order valence-corrected chi connectivity index (χ3v) is 2.53. The number of aliphatic hydroxyl groups excluding tert-OH is 1. The van der Waals surface area contributed by atoms with Crippen molar-refractivity contribution in [3.8, 4) is 0 Å². The number of hydrogen-bond acceptors (Lipinski definition) is 3. The summed E-state index contributed by atoms with van der Waals surface area (Å²) in [5, 5.41) is 14.1. The molecule has 1 aromatic carbocycles. The van der Waals surface area contributed by atoms with Crippen molar-refractivity contribution in [2.45, 2.75) is 6.10 Å². The molecule has 7 heteroatoms. The number of benzene rings is 1. The lowest BCUT2D eigenvalue weighted by molar-refractivity contribution is 0.149. The van der Waals surface area contributed by atoms with Crippen molar-refractivity contribution in [2.24, 2.45) is 0 Å². The maximum atomic E-state index is 13.3. The monoisotopic (exact) mass is 282 g/mol. The highest BCUT2D eigenvalue weighted by Crippen LogP contribution is 2.16. The van der Waals surface area contributed by atoms with Crippen LogP contribution in [0.4, 0.5) is 19.3 Å². The number of aliphatic hydroxyl groups is 1. The quantitative estimate of drug-likeness (QED) is 0.806. The minimum Gasteiger partial charge on any atom is -0.467 e. The van der Waals surface area contributed by atoms with E-state index in [9.17, 15) is 18.7 Å². The third-order valence-electron chi connectivity index (χ3n) is 2.53. The van der Waals surface area contributed by atoms with Crippen molar-refractivity contribution in [3.05, 3.63) is 54.0 Å². The highest BCUT2D eigenvalue weighted by molar-refractivity contribution is 5.89. The molecular formula is C13H12F2N2O3. The molecule has 0 aliphatic carbocycles. The SMILES string of the molecule is O=C(NCC(O)c1ccco1)Nc1cccc(F)c1F. The number of carbonyl (C=O) groups excluding carboxylic acids is 1. The molecule has 0 saturated carbocycles. The van der Waals surface area contributed by atoms with Gasteiger partial charge in [0.1, 0.15) is 11.9 Å². The summed E-state index contributed by atoms with van der Waals surface area (Å²) < 4.78 is 31.2. The topological polar surface area (TPSA) is 74.5 Å². The van der Waals surface area contributed by atoms with Gasteiger partial charge in [-0.3, -0.25) is 0 Å². The first-order chi connectivity index (χ1) is 9.58. The van der Waals surface area contributed by atoms with Crippen molar-refractivity contribution in [2.75, 3.05) is 11.9 Å². The molecule has 0 aliphatic rings. The van der Waals surface area contributed by atoms with Gasteiger partial charge in [-0.2, -0.15) is 0 Å². The average Bonchev–Trinajstić information content (AvgIpc) is 2.95. The molecule has 1 aromatic heterocycles. The van der Waals surface area contributed by atoms with Crippen LogP contribution in [-0.2, 0) is 0 Å². The molecule has 2 aromatic rings. The van der Waals surface area contributed by atoms with Crippen molar-refractivity contribution in [3.63, 3.8) is 0 Å². The van der Waals surface area contributed by atoms with Gasteiger partial charge in [-0.1, -0.05) is 6.07 Å². The second kappa shape index (κ2) is 6.16. The van der Waals surface area contributed by atoms with Gasteiger partial charge in [0, 0.05) is 0 Å². The van der Waals surface area contributed by atoms with E-state index in [2.05, 4.69) is 10.6 Å². The Bertz CT molecular complexity index is 587. The minimum absolute atomic E-state index is 0.129. The standard InChI is InChI=1S/C13H12F2N2O3/c14-8-3-1-4-9(12(8)15)17-13(19)16-7-10(18)11-5-2-6-20-11/h1-6,10,18H,7H2,(H2,16,17,19). The molecule has 20 heavy (non-hydrogen) atoms. The first kappa shape index (κ1) is 14.0. The second-order valence-corrected chi connectivity index (χ2v) is 3.97. The van der Waals surface area contributed by atoms with Crippen LogP contribution in [0.1, 0.15) is 11.9 Å². The molecule has 2 amide bonds. The van der Waals surface area contributed by atoms with Gasteiger partial charge in [0.05, 0.1) is 18.5 Å². The van der Waals surface area contributed by atoms with Crippen LogP contribution >= 0.6 is 0 Å². The molecule has 1 heterocycles. The Hall–Kier alpha value is -2.41. The zero-order valence-electron chi connectivity index (χ0n) is 10.3. The Labute approximate surface area is 113 Å². The summed E-state index contributed by atoms with van der Waals surface area (Å²) in [4.78, 5) is 11.5. The fourth-order valence-corrected chi connectivity index (χ4v) is 1.54. The number of nitrogens with one attached hydrogen (secondary N) is 2. The first-order valence-electron chi connectivity index (χ1n) is 5.78. The number of furan rings is 1. The van der Waals surface area contributed by atoms with E-state index in [1.165, 1.54) is 18.4 Å². The summed E-state index contributed by atoms with van der Waals surface area (Å²) in [6.45, 7) is -0.129. The number of amides is 2. The van der Waals surface area contributed by atoms with Gasteiger partial charge in [0.15, 0.2) is 11.6 Å². The van der Waals surface area contributed by atoms with Crippen molar-refractivity contribution in [1.82, 2.24) is 5.32 Å². The van der Waals surface area contributed by atoms with Crippen molar-refractivity contribution < 1.29 is 23.1 Å². The lowest BCUT2D eigenvalue weighted by atomic mass is 10.3. The Morgan fingerprint density at radius 1 is 1.30 bits per heavy atom. The molecule has 0 radical (unpaired) electrons. The van der Waals surface area contributed by atoms with Gasteiger partial charge in [-0.25, -0.2) is 13.6 Å². The summed E-state index contributed by atoms with van der Waals surface area (Å²) in [6.07, 6.45) is 0.369. The van der Waals surface area contributed by atoms with Gasteiger partial charge in [-0.05, 0) is 24.3 Å². The average molecular weight is 282 g/mol. The van der Waals surface area contributed by atoms with E-state index >= 15 is 0 Å². The predicted molar refractivity (Wildman–Crippen MR) is 67.0 cm³/mol. The van der Waals surface area contributed by atoms with Crippen LogP contribution in [0.15, 0.2) is 41.0 Å². The molecular weight excluding hydrogens is 270 g/mol. The van der Waals surface area contributed by atoms with Gasteiger partial charge < -0.3 is 20.2 Å². The van der Waals surface area contributed by atoms with Crippen LogP contribution in [0.5, 0.6) is 0 Å². The van der Waals surface area contributed by atoms with E-state index in [0.29, 0.717) is 5.76 Å². The minimum atomic E-state index is -1.14. The van der Waals surface area contributed by atoms with Crippen molar-refractivity contribution in [1.29, 1.82) is 0 Å². The molecule has 0 spiro atoms. The largest absolute Gasteiger partial charge is 0.467 e. The molecule has 2 rings (SSSR count). The van der Waals surface area contributed by atoms with E-state index in [0.717, 1.165) is 6.07 Å². The Balaban J connectivity index is 1.88. The van der Waals surface area contributed by atoms with E-state index < -0.39 is 23.8 Å². The molecule has 0 fully saturated rings. The van der Waals surface area contributed by atoms with Crippen LogP contribution < -0.4 is 10.6 Å². The van der Waals surface area contributed by atoms with Gasteiger partial charge in [-0.15, -0.1) is 0 Å². The molecule has 0 aliphatic heterocycles. The van der Waals surface area contributed by atoms with Crippen LogP contribution in [0.3, 0.4) is 0 Å². The second-order valence-electron chi connectivity index (χ2n) is 3.97. The summed E-state index contributed by atoms with van der Waals surface area (Å²) in [7, 11) is 0. The van der Waals surface area contributed by atoms with Crippen LogP contribution in [0, 0.1) is 11.6 Å². The zero-order valence-corrected chi connectivity index (χ0v) is 10.3. The Morgan fingerprint density at radius 3 is 2.80 bits per heavy atom. The van der Waals surface area contributed by atoms with Crippen LogP contribution in [0.2, 0.25) is 0 Å². The highest BCUT2D eigenvalue weighted by atomic mass is 19.2. The number of anilines is 1. The zero-order chi connectivity index (χ0) is 14.5. The maximum absolute atomic E-state index is 13.3. The molecule has 5 nitrogen and oxygen atoms in total. The number of hydrogen-bond donors (Lipinski definition) is 3. The Kier molecular flexibility index (Phi) is 4.31. The van der Waals surface area contributed by atoms with E-state index in [-0.39, 0.29) is 12.2 Å². The molecule has 3 N–H and O–H groups in total. The summed E-state index contributed by atoms with van der Waals surface area (Å²) >= 11 is 0. The lowest BCUT2D eigenvalue weighted by Crippen LogP contribution is -2.32. The van der Waals surface area contributed by atoms with E-state index in [1.807, 2.05) is 0 Å². The fraction of sp³-hybridized carbons (Fsp3) is 0.154. The van der Waals surface area contributed by atoms with Crippen molar-refractivity contribution >= 4 is 11.7 Å². The number of halogens is 2. The summed E-state index contributed by atoms with van der Waals surface area (Å²) in [5.41, 5.74) is -0.282. The Morgan fingerprint density at radius 2 is 2.10 bits per heavy atom. The van der Waals surface area contributed by atoms with E-state index in [1.54, 1.807) is 12.1 Å². The van der Waals surface area contributed by atoms with Crippen LogP contribution in [-0.4, -0.2) is 17.7 Å². The van der Waals surface area contributed by atoms with E-state index in [4.69, 9.17) is 4.42 Å². The molecule has 0 bridgehead atoms. The number of urea groups is 1. The maximum Gasteiger partial charge on any atom is 0.319 e. The lowest BCUT2D eigenvalue weighted by Gasteiger charge is -2.11. The molecule has 106 valence electrons.